The average Bonchev–Trinajstić information content (AvgIpc) is 2.90. The Morgan fingerprint density at radius 2 is 2.10 bits per heavy atom. The van der Waals surface area contributed by atoms with Gasteiger partial charge in [-0.05, 0) is 13.3 Å². The first kappa shape index (κ1) is 15.0. The number of rotatable bonds is 7. The fourth-order valence-electron chi connectivity index (χ4n) is 2.09. The third kappa shape index (κ3) is 3.80. The summed E-state index contributed by atoms with van der Waals surface area (Å²) in [7, 11) is 0. The van der Waals surface area contributed by atoms with E-state index in [0.717, 1.165) is 30.9 Å². The fourth-order valence-corrected chi connectivity index (χ4v) is 2.09. The van der Waals surface area contributed by atoms with Crippen LogP contribution in [0.15, 0.2) is 6.07 Å². The van der Waals surface area contributed by atoms with Gasteiger partial charge in [0.2, 0.25) is 5.91 Å². The van der Waals surface area contributed by atoms with Crippen LogP contribution in [-0.4, -0.2) is 30.5 Å². The van der Waals surface area contributed by atoms with Crippen LogP contribution >= 0.6 is 0 Å². The van der Waals surface area contributed by atoms with Crippen molar-refractivity contribution in [3.63, 3.8) is 0 Å². The number of aromatic nitrogens is 5. The van der Waals surface area contributed by atoms with E-state index in [4.69, 9.17) is 11.5 Å². The summed E-state index contributed by atoms with van der Waals surface area (Å²) in [4.78, 5) is 15.4. The van der Waals surface area contributed by atoms with Crippen LogP contribution in [0.1, 0.15) is 37.1 Å². The summed E-state index contributed by atoms with van der Waals surface area (Å²) >= 11 is 0. The SMILES string of the molecule is CCCCn1nc(CC(N)=O)nc1Cn1nc(C)cc1N. The molecule has 0 unspecified atom stereocenters. The molecule has 0 fully saturated rings. The lowest BCUT2D eigenvalue weighted by atomic mass is 10.3. The van der Waals surface area contributed by atoms with Gasteiger partial charge in [-0.15, -0.1) is 0 Å². The Morgan fingerprint density at radius 1 is 1.33 bits per heavy atom. The molecule has 2 aromatic rings. The van der Waals surface area contributed by atoms with Crippen molar-refractivity contribution in [3.8, 4) is 0 Å². The first-order chi connectivity index (χ1) is 9.99. The minimum atomic E-state index is -0.441. The zero-order valence-corrected chi connectivity index (χ0v) is 12.4. The maximum Gasteiger partial charge on any atom is 0.225 e. The Labute approximate surface area is 123 Å². The highest BCUT2D eigenvalue weighted by Gasteiger charge is 2.13. The van der Waals surface area contributed by atoms with E-state index in [0.29, 0.717) is 18.2 Å². The zero-order valence-electron chi connectivity index (χ0n) is 12.4. The normalized spacial score (nSPS) is 11.0. The molecule has 0 aromatic carbocycles. The van der Waals surface area contributed by atoms with Gasteiger partial charge < -0.3 is 11.5 Å². The Bertz CT molecular complexity index is 628. The molecular weight excluding hydrogens is 270 g/mol. The summed E-state index contributed by atoms with van der Waals surface area (Å²) in [5.41, 5.74) is 11.9. The van der Waals surface area contributed by atoms with Crippen LogP contribution in [0.25, 0.3) is 0 Å². The van der Waals surface area contributed by atoms with Gasteiger partial charge in [-0.3, -0.25) is 4.79 Å². The van der Waals surface area contributed by atoms with Crippen LogP contribution < -0.4 is 11.5 Å². The van der Waals surface area contributed by atoms with Gasteiger partial charge in [0.05, 0.1) is 12.1 Å². The molecule has 21 heavy (non-hydrogen) atoms. The van der Waals surface area contributed by atoms with Gasteiger partial charge in [0.15, 0.2) is 5.82 Å². The lowest BCUT2D eigenvalue weighted by Gasteiger charge is -2.06. The molecule has 2 rings (SSSR count). The Morgan fingerprint density at radius 3 is 2.67 bits per heavy atom. The molecule has 1 amide bonds. The molecule has 0 radical (unpaired) electrons. The first-order valence-corrected chi connectivity index (χ1v) is 7.00. The molecule has 0 atom stereocenters. The van der Waals surface area contributed by atoms with Crippen molar-refractivity contribution in [3.05, 3.63) is 23.4 Å². The molecule has 0 aliphatic heterocycles. The van der Waals surface area contributed by atoms with Crippen LogP contribution in [0.4, 0.5) is 5.82 Å². The van der Waals surface area contributed by atoms with Crippen molar-refractivity contribution in [1.29, 1.82) is 0 Å². The van der Waals surface area contributed by atoms with Gasteiger partial charge >= 0.3 is 0 Å². The smallest absolute Gasteiger partial charge is 0.225 e. The Hall–Kier alpha value is -2.38. The number of hydrogen-bond donors (Lipinski definition) is 2. The van der Waals surface area contributed by atoms with E-state index in [-0.39, 0.29) is 6.42 Å². The van der Waals surface area contributed by atoms with Gasteiger partial charge in [-0.2, -0.15) is 10.2 Å². The molecular formula is C13H21N7O. The molecule has 0 saturated heterocycles. The van der Waals surface area contributed by atoms with Crippen molar-refractivity contribution in [2.24, 2.45) is 5.73 Å². The third-order valence-corrected chi connectivity index (χ3v) is 3.07. The second-order valence-electron chi connectivity index (χ2n) is 5.03. The standard InChI is InChI=1S/C13H21N7O/c1-3-4-5-19-13(16-12(18-19)7-11(15)21)8-20-10(14)6-9(2)17-20/h6H,3-5,7-8,14H2,1-2H3,(H2,15,21). The molecule has 0 aliphatic rings. The van der Waals surface area contributed by atoms with Crippen LogP contribution in [-0.2, 0) is 24.3 Å². The molecule has 4 N–H and O–H groups in total. The number of nitrogens with zero attached hydrogens (tertiary/aromatic N) is 5. The lowest BCUT2D eigenvalue weighted by Crippen LogP contribution is -2.14. The van der Waals surface area contributed by atoms with Gasteiger partial charge in [0, 0.05) is 12.6 Å². The maximum absolute atomic E-state index is 11.0. The van der Waals surface area contributed by atoms with E-state index >= 15 is 0 Å². The van der Waals surface area contributed by atoms with E-state index in [1.807, 2.05) is 6.92 Å². The van der Waals surface area contributed by atoms with Gasteiger partial charge in [0.1, 0.15) is 18.2 Å². The van der Waals surface area contributed by atoms with Gasteiger partial charge in [-0.25, -0.2) is 14.3 Å². The molecule has 0 aliphatic carbocycles. The molecule has 2 aromatic heterocycles. The third-order valence-electron chi connectivity index (χ3n) is 3.07. The quantitative estimate of drug-likeness (QED) is 0.757. The summed E-state index contributed by atoms with van der Waals surface area (Å²) in [6.45, 7) is 5.16. The Balaban J connectivity index is 2.24. The number of carbonyl (C=O) groups excluding carboxylic acids is 1. The van der Waals surface area contributed by atoms with E-state index in [2.05, 4.69) is 22.1 Å². The minimum Gasteiger partial charge on any atom is -0.384 e. The molecule has 0 spiro atoms. The van der Waals surface area contributed by atoms with E-state index in [1.54, 1.807) is 15.4 Å². The number of primary amides is 1. The summed E-state index contributed by atoms with van der Waals surface area (Å²) in [6, 6.07) is 1.80. The molecule has 0 saturated carbocycles. The van der Waals surface area contributed by atoms with Crippen molar-refractivity contribution < 1.29 is 4.79 Å². The van der Waals surface area contributed by atoms with Gasteiger partial charge in [0.25, 0.3) is 0 Å². The van der Waals surface area contributed by atoms with Crippen LogP contribution in [0.3, 0.4) is 0 Å². The van der Waals surface area contributed by atoms with E-state index < -0.39 is 5.91 Å². The molecule has 8 heteroatoms. The van der Waals surface area contributed by atoms with Crippen molar-refractivity contribution in [2.45, 2.75) is 46.2 Å². The monoisotopic (exact) mass is 291 g/mol. The van der Waals surface area contributed by atoms with Crippen LogP contribution in [0, 0.1) is 6.92 Å². The summed E-state index contributed by atoms with van der Waals surface area (Å²) < 4.78 is 3.48. The van der Waals surface area contributed by atoms with E-state index in [9.17, 15) is 4.79 Å². The second-order valence-corrected chi connectivity index (χ2v) is 5.03. The summed E-state index contributed by atoms with van der Waals surface area (Å²) in [5.74, 6) is 1.31. The zero-order chi connectivity index (χ0) is 15.4. The second kappa shape index (κ2) is 6.38. The number of hydrogen-bond acceptors (Lipinski definition) is 5. The largest absolute Gasteiger partial charge is 0.384 e. The highest BCUT2D eigenvalue weighted by molar-refractivity contribution is 5.75. The average molecular weight is 291 g/mol. The highest BCUT2D eigenvalue weighted by Crippen LogP contribution is 2.10. The predicted molar refractivity (Wildman–Crippen MR) is 78.3 cm³/mol. The first-order valence-electron chi connectivity index (χ1n) is 7.00. The molecule has 8 nitrogen and oxygen atoms in total. The number of nitrogens with two attached hydrogens (primary N) is 2. The van der Waals surface area contributed by atoms with Crippen LogP contribution in [0.5, 0.6) is 0 Å². The molecule has 2 heterocycles. The van der Waals surface area contributed by atoms with Gasteiger partial charge in [-0.1, -0.05) is 13.3 Å². The Kier molecular flexibility index (Phi) is 4.56. The summed E-state index contributed by atoms with van der Waals surface area (Å²) in [5, 5.41) is 8.66. The van der Waals surface area contributed by atoms with Crippen molar-refractivity contribution in [2.75, 3.05) is 5.73 Å². The minimum absolute atomic E-state index is 0.0414. The topological polar surface area (TPSA) is 118 Å². The van der Waals surface area contributed by atoms with Crippen molar-refractivity contribution >= 4 is 11.7 Å². The molecule has 114 valence electrons. The summed E-state index contributed by atoms with van der Waals surface area (Å²) in [6.07, 6.45) is 2.08. The predicted octanol–water partition coefficient (Wildman–Crippen LogP) is 0.241. The number of aryl methyl sites for hydroxylation is 2. The van der Waals surface area contributed by atoms with E-state index in [1.165, 1.54) is 0 Å². The number of nitrogen functional groups attached to an aromatic ring is 1. The van der Waals surface area contributed by atoms with Crippen molar-refractivity contribution in [1.82, 2.24) is 24.5 Å². The maximum atomic E-state index is 11.0. The number of anilines is 1. The van der Waals surface area contributed by atoms with Crippen LogP contribution in [0.2, 0.25) is 0 Å². The number of unbranched alkanes of at least 4 members (excludes halogenated alkanes) is 1. The lowest BCUT2D eigenvalue weighted by molar-refractivity contribution is -0.117. The number of carbonyl (C=O) groups is 1. The fraction of sp³-hybridized carbons (Fsp3) is 0.538. The number of amides is 1. The highest BCUT2D eigenvalue weighted by atomic mass is 16.1. The molecule has 0 bridgehead atoms.